The summed E-state index contributed by atoms with van der Waals surface area (Å²) in [6, 6.07) is 8.89. The third-order valence-corrected chi connectivity index (χ3v) is 6.49. The third kappa shape index (κ3) is 5.35. The molecule has 7 heteroatoms. The fourth-order valence-corrected chi connectivity index (χ4v) is 4.82. The first kappa shape index (κ1) is 20.3. The molecule has 4 rings (SSSR count). The van der Waals surface area contributed by atoms with E-state index < -0.39 is 0 Å². The summed E-state index contributed by atoms with van der Waals surface area (Å²) in [5, 5.41) is 3.16. The van der Waals surface area contributed by atoms with Crippen molar-refractivity contribution in [3.8, 4) is 0 Å². The van der Waals surface area contributed by atoms with E-state index in [1.807, 2.05) is 0 Å². The van der Waals surface area contributed by atoms with Crippen LogP contribution in [0, 0.1) is 5.92 Å². The summed E-state index contributed by atoms with van der Waals surface area (Å²) in [4.78, 5) is 29.1. The van der Waals surface area contributed by atoms with E-state index in [1.54, 1.807) is 0 Å². The summed E-state index contributed by atoms with van der Waals surface area (Å²) in [5.41, 5.74) is 8.53. The van der Waals surface area contributed by atoms with Crippen LogP contribution < -0.4 is 16.2 Å². The standard InChI is InChI=1S/C22H33N5O2/c28-21-13-20(14-24-25-21)27-11-3-7-19(16-27)22(29)23-9-4-10-26-12-8-17-5-1-2-6-18(17)15-26/h1-2,5-6,19-20,24H,3-4,7-16H2,(H,23,29)(H,25,28). The van der Waals surface area contributed by atoms with Gasteiger partial charge in [0, 0.05) is 51.7 Å². The van der Waals surface area contributed by atoms with E-state index in [2.05, 4.69) is 50.2 Å². The minimum atomic E-state index is 0.0353. The molecule has 2 fully saturated rings. The normalized spacial score (nSPS) is 25.9. The Morgan fingerprint density at radius 1 is 1.21 bits per heavy atom. The van der Waals surface area contributed by atoms with Gasteiger partial charge < -0.3 is 5.32 Å². The number of likely N-dealkylation sites (tertiary alicyclic amines) is 1. The van der Waals surface area contributed by atoms with Crippen LogP contribution in [0.5, 0.6) is 0 Å². The molecule has 0 bridgehead atoms. The monoisotopic (exact) mass is 399 g/mol. The number of benzene rings is 1. The highest BCUT2D eigenvalue weighted by atomic mass is 16.2. The number of carbonyl (C=O) groups is 2. The summed E-state index contributed by atoms with van der Waals surface area (Å²) >= 11 is 0. The van der Waals surface area contributed by atoms with Crippen LogP contribution >= 0.6 is 0 Å². The highest BCUT2D eigenvalue weighted by molar-refractivity contribution is 5.79. The number of amides is 2. The van der Waals surface area contributed by atoms with Crippen molar-refractivity contribution in [3.63, 3.8) is 0 Å². The van der Waals surface area contributed by atoms with Crippen molar-refractivity contribution in [2.45, 2.75) is 44.7 Å². The predicted molar refractivity (Wildman–Crippen MR) is 112 cm³/mol. The minimum Gasteiger partial charge on any atom is -0.356 e. The van der Waals surface area contributed by atoms with Crippen molar-refractivity contribution >= 4 is 11.8 Å². The minimum absolute atomic E-state index is 0.0353. The highest BCUT2D eigenvalue weighted by Crippen LogP contribution is 2.21. The van der Waals surface area contributed by atoms with Crippen molar-refractivity contribution < 1.29 is 9.59 Å². The predicted octanol–water partition coefficient (Wildman–Crippen LogP) is 0.656. The SMILES string of the molecule is O=C1CC(N2CCCC(C(=O)NCCCN3CCc4ccccc4C3)C2)CNN1. The number of carbonyl (C=O) groups excluding carboxylic acids is 2. The molecule has 2 atom stereocenters. The Morgan fingerprint density at radius 2 is 2.07 bits per heavy atom. The van der Waals surface area contributed by atoms with Gasteiger partial charge in [0.2, 0.25) is 11.8 Å². The van der Waals surface area contributed by atoms with Gasteiger partial charge in [0.15, 0.2) is 0 Å². The van der Waals surface area contributed by atoms with E-state index in [0.29, 0.717) is 6.42 Å². The van der Waals surface area contributed by atoms with Crippen molar-refractivity contribution in [1.82, 2.24) is 26.0 Å². The average molecular weight is 400 g/mol. The Morgan fingerprint density at radius 3 is 2.93 bits per heavy atom. The third-order valence-electron chi connectivity index (χ3n) is 6.49. The van der Waals surface area contributed by atoms with Gasteiger partial charge in [0.1, 0.15) is 0 Å². The Labute approximate surface area is 173 Å². The Bertz CT molecular complexity index is 725. The quantitative estimate of drug-likeness (QED) is 0.613. The number of hydrogen-bond donors (Lipinski definition) is 3. The second-order valence-corrected chi connectivity index (χ2v) is 8.56. The van der Waals surface area contributed by atoms with Gasteiger partial charge in [0.25, 0.3) is 0 Å². The fraction of sp³-hybridized carbons (Fsp3) is 0.636. The van der Waals surface area contributed by atoms with Crippen molar-refractivity contribution in [2.24, 2.45) is 5.92 Å². The molecule has 3 heterocycles. The van der Waals surface area contributed by atoms with E-state index >= 15 is 0 Å². The molecule has 3 aliphatic rings. The van der Waals surface area contributed by atoms with Gasteiger partial charge >= 0.3 is 0 Å². The van der Waals surface area contributed by atoms with E-state index in [9.17, 15) is 9.59 Å². The van der Waals surface area contributed by atoms with Crippen molar-refractivity contribution in [3.05, 3.63) is 35.4 Å². The van der Waals surface area contributed by atoms with Crippen molar-refractivity contribution in [1.29, 1.82) is 0 Å². The van der Waals surface area contributed by atoms with Crippen LogP contribution in [0.3, 0.4) is 0 Å². The molecule has 0 radical (unpaired) electrons. The number of rotatable bonds is 6. The van der Waals surface area contributed by atoms with Crippen LogP contribution in [0.15, 0.2) is 24.3 Å². The van der Waals surface area contributed by atoms with E-state index in [0.717, 1.165) is 71.5 Å². The van der Waals surface area contributed by atoms with Crippen LogP contribution in [0.4, 0.5) is 0 Å². The van der Waals surface area contributed by atoms with Crippen molar-refractivity contribution in [2.75, 3.05) is 39.3 Å². The number of nitrogens with one attached hydrogen (secondary N) is 3. The maximum absolute atomic E-state index is 12.7. The Hall–Kier alpha value is -1.96. The maximum atomic E-state index is 12.7. The first-order valence-corrected chi connectivity index (χ1v) is 11.0. The van der Waals surface area contributed by atoms with Crippen LogP contribution in [-0.2, 0) is 22.6 Å². The molecule has 29 heavy (non-hydrogen) atoms. The van der Waals surface area contributed by atoms with Gasteiger partial charge in [-0.25, -0.2) is 5.43 Å². The molecule has 1 aromatic carbocycles. The molecule has 0 spiro atoms. The van der Waals surface area contributed by atoms with Crippen LogP contribution in [0.2, 0.25) is 0 Å². The Balaban J connectivity index is 1.17. The molecule has 0 aromatic heterocycles. The molecule has 0 saturated carbocycles. The lowest BCUT2D eigenvalue weighted by Gasteiger charge is -2.39. The average Bonchev–Trinajstić information content (AvgIpc) is 2.76. The number of piperidine rings is 1. The summed E-state index contributed by atoms with van der Waals surface area (Å²) in [6.45, 7) is 6.36. The summed E-state index contributed by atoms with van der Waals surface area (Å²) in [5.74, 6) is 0.246. The molecule has 7 nitrogen and oxygen atoms in total. The van der Waals surface area contributed by atoms with Crippen LogP contribution in [0.25, 0.3) is 0 Å². The molecule has 1 aromatic rings. The van der Waals surface area contributed by atoms with Gasteiger partial charge in [-0.3, -0.25) is 24.8 Å². The lowest BCUT2D eigenvalue weighted by atomic mass is 9.94. The number of nitrogens with zero attached hydrogens (tertiary/aromatic N) is 2. The largest absolute Gasteiger partial charge is 0.356 e. The maximum Gasteiger partial charge on any atom is 0.235 e. The second-order valence-electron chi connectivity index (χ2n) is 8.56. The lowest BCUT2D eigenvalue weighted by Crippen LogP contribution is -2.57. The second kappa shape index (κ2) is 9.69. The smallest absolute Gasteiger partial charge is 0.235 e. The summed E-state index contributed by atoms with van der Waals surface area (Å²) < 4.78 is 0. The van der Waals surface area contributed by atoms with Gasteiger partial charge in [-0.05, 0) is 43.4 Å². The van der Waals surface area contributed by atoms with Gasteiger partial charge in [-0.2, -0.15) is 0 Å². The fourth-order valence-electron chi connectivity index (χ4n) is 4.82. The first-order chi connectivity index (χ1) is 14.2. The number of hydrogen-bond acceptors (Lipinski definition) is 5. The molecular weight excluding hydrogens is 366 g/mol. The van der Waals surface area contributed by atoms with Crippen LogP contribution in [0.1, 0.15) is 36.8 Å². The zero-order valence-electron chi connectivity index (χ0n) is 17.2. The molecule has 3 N–H and O–H groups in total. The lowest BCUT2D eigenvalue weighted by molar-refractivity contribution is -0.128. The topological polar surface area (TPSA) is 76.7 Å². The number of fused-ring (bicyclic) bond motifs is 1. The first-order valence-electron chi connectivity index (χ1n) is 11.0. The Kier molecular flexibility index (Phi) is 6.79. The van der Waals surface area contributed by atoms with Gasteiger partial charge in [-0.15, -0.1) is 0 Å². The molecule has 2 saturated heterocycles. The molecule has 158 valence electrons. The van der Waals surface area contributed by atoms with E-state index in [-0.39, 0.29) is 23.8 Å². The highest BCUT2D eigenvalue weighted by Gasteiger charge is 2.32. The van der Waals surface area contributed by atoms with Crippen LogP contribution in [-0.4, -0.2) is 66.9 Å². The van der Waals surface area contributed by atoms with E-state index in [4.69, 9.17) is 0 Å². The molecule has 2 unspecified atom stereocenters. The summed E-state index contributed by atoms with van der Waals surface area (Å²) in [6.07, 6.45) is 4.58. The molecular formula is C22H33N5O2. The summed E-state index contributed by atoms with van der Waals surface area (Å²) in [7, 11) is 0. The molecule has 3 aliphatic heterocycles. The molecule has 0 aliphatic carbocycles. The van der Waals surface area contributed by atoms with Gasteiger partial charge in [-0.1, -0.05) is 24.3 Å². The van der Waals surface area contributed by atoms with E-state index in [1.165, 1.54) is 11.1 Å². The molecule has 2 amide bonds. The zero-order chi connectivity index (χ0) is 20.1. The van der Waals surface area contributed by atoms with Gasteiger partial charge in [0.05, 0.1) is 5.92 Å². The zero-order valence-corrected chi connectivity index (χ0v) is 17.2. The number of hydrazine groups is 1.